The van der Waals surface area contributed by atoms with E-state index in [9.17, 15) is 9.59 Å². The largest absolute Gasteiger partial charge is 0.378 e. The van der Waals surface area contributed by atoms with Gasteiger partial charge in [0.2, 0.25) is 0 Å². The van der Waals surface area contributed by atoms with Crippen LogP contribution >= 0.6 is 0 Å². The number of hydrogen-bond acceptors (Lipinski definition) is 6. The minimum Gasteiger partial charge on any atom is -0.378 e. The van der Waals surface area contributed by atoms with E-state index < -0.39 is 0 Å². The van der Waals surface area contributed by atoms with E-state index in [1.807, 2.05) is 74.0 Å². The van der Waals surface area contributed by atoms with Gasteiger partial charge in [-0.1, -0.05) is 37.3 Å². The Labute approximate surface area is 257 Å². The van der Waals surface area contributed by atoms with E-state index in [4.69, 9.17) is 4.74 Å². The van der Waals surface area contributed by atoms with E-state index in [2.05, 4.69) is 38.9 Å². The number of amides is 3. The molecule has 228 valence electrons. The van der Waals surface area contributed by atoms with Gasteiger partial charge in [-0.05, 0) is 68.2 Å². The molecule has 1 aliphatic rings. The van der Waals surface area contributed by atoms with Gasteiger partial charge in [0.05, 0.1) is 30.5 Å². The van der Waals surface area contributed by atoms with E-state index in [-0.39, 0.29) is 18.0 Å². The quantitative estimate of drug-likeness (QED) is 0.195. The smallest absolute Gasteiger partial charge is 0.319 e. The fraction of sp³-hybridized carbons (Fsp3) is 0.294. The summed E-state index contributed by atoms with van der Waals surface area (Å²) < 4.78 is 7.30. The lowest BCUT2D eigenvalue weighted by Crippen LogP contribution is -2.40. The topological polar surface area (TPSA) is 113 Å². The van der Waals surface area contributed by atoms with Gasteiger partial charge in [0, 0.05) is 49.1 Å². The van der Waals surface area contributed by atoms with Gasteiger partial charge in [-0.2, -0.15) is 0 Å². The SMILES string of the molecule is C/C=C\C(=C/CC)[C@H](C)NC(=O)Nc1cccc(-c2cc(Nc3ccc(C(=O)N4CCOCC4)cn3)c3nccn3c2)c1C. The second kappa shape index (κ2) is 14.0. The number of pyridine rings is 2. The number of benzene rings is 1. The lowest BCUT2D eigenvalue weighted by atomic mass is 10.00. The summed E-state index contributed by atoms with van der Waals surface area (Å²) in [5, 5.41) is 9.45. The number of morpholine rings is 1. The summed E-state index contributed by atoms with van der Waals surface area (Å²) in [6.07, 6.45) is 14.2. The highest BCUT2D eigenvalue weighted by molar-refractivity contribution is 5.94. The minimum atomic E-state index is -0.265. The number of aromatic nitrogens is 3. The number of fused-ring (bicyclic) bond motifs is 1. The molecule has 0 aliphatic carbocycles. The van der Waals surface area contributed by atoms with Crippen LogP contribution in [0.5, 0.6) is 0 Å². The summed E-state index contributed by atoms with van der Waals surface area (Å²) in [5.74, 6) is 0.547. The first-order valence-electron chi connectivity index (χ1n) is 14.9. The molecule has 44 heavy (non-hydrogen) atoms. The van der Waals surface area contributed by atoms with Crippen molar-refractivity contribution in [1.29, 1.82) is 0 Å². The maximum absolute atomic E-state index is 13.0. The predicted octanol–water partition coefficient (Wildman–Crippen LogP) is 6.34. The average Bonchev–Trinajstić information content (AvgIpc) is 3.52. The van der Waals surface area contributed by atoms with E-state index >= 15 is 0 Å². The third-order valence-electron chi connectivity index (χ3n) is 7.60. The fourth-order valence-electron chi connectivity index (χ4n) is 5.29. The molecule has 4 aromatic rings. The van der Waals surface area contributed by atoms with Crippen molar-refractivity contribution in [2.75, 3.05) is 36.9 Å². The number of anilines is 3. The first kappa shape index (κ1) is 30.5. The Bertz CT molecular complexity index is 1690. The summed E-state index contributed by atoms with van der Waals surface area (Å²) in [5.41, 5.74) is 6.66. The second-order valence-electron chi connectivity index (χ2n) is 10.7. The molecule has 10 nitrogen and oxygen atoms in total. The van der Waals surface area contributed by atoms with Crippen LogP contribution in [-0.2, 0) is 4.74 Å². The Balaban J connectivity index is 1.36. The van der Waals surface area contributed by atoms with Gasteiger partial charge in [-0.25, -0.2) is 14.8 Å². The molecule has 4 heterocycles. The van der Waals surface area contributed by atoms with Crippen LogP contribution in [0.25, 0.3) is 16.8 Å². The molecule has 3 aromatic heterocycles. The molecule has 0 saturated carbocycles. The van der Waals surface area contributed by atoms with Gasteiger partial charge >= 0.3 is 6.03 Å². The van der Waals surface area contributed by atoms with Gasteiger partial charge in [0.15, 0.2) is 5.65 Å². The first-order chi connectivity index (χ1) is 21.4. The summed E-state index contributed by atoms with van der Waals surface area (Å²) in [6.45, 7) is 10.3. The zero-order chi connectivity index (χ0) is 31.1. The highest BCUT2D eigenvalue weighted by Crippen LogP contribution is 2.32. The predicted molar refractivity (Wildman–Crippen MR) is 174 cm³/mol. The average molecular weight is 594 g/mol. The highest BCUT2D eigenvalue weighted by atomic mass is 16.5. The Morgan fingerprint density at radius 2 is 1.93 bits per heavy atom. The van der Waals surface area contributed by atoms with Crippen LogP contribution in [0.3, 0.4) is 0 Å². The number of ether oxygens (including phenoxy) is 1. The van der Waals surface area contributed by atoms with Crippen molar-refractivity contribution in [3.63, 3.8) is 0 Å². The molecule has 5 rings (SSSR count). The van der Waals surface area contributed by atoms with Gasteiger partial charge in [-0.3, -0.25) is 4.79 Å². The summed E-state index contributed by atoms with van der Waals surface area (Å²) in [7, 11) is 0. The third-order valence-corrected chi connectivity index (χ3v) is 7.60. The molecule has 1 saturated heterocycles. The monoisotopic (exact) mass is 593 g/mol. The van der Waals surface area contributed by atoms with Crippen molar-refractivity contribution < 1.29 is 14.3 Å². The normalized spacial score (nSPS) is 14.5. The van der Waals surface area contributed by atoms with Crippen molar-refractivity contribution in [3.8, 4) is 11.1 Å². The van der Waals surface area contributed by atoms with Gasteiger partial charge in [0.25, 0.3) is 5.91 Å². The molecule has 1 fully saturated rings. The van der Waals surface area contributed by atoms with Crippen molar-refractivity contribution in [3.05, 3.63) is 96.1 Å². The van der Waals surface area contributed by atoms with Gasteiger partial charge < -0.3 is 30.0 Å². The van der Waals surface area contributed by atoms with E-state index in [1.54, 1.807) is 29.4 Å². The molecule has 0 bridgehead atoms. The summed E-state index contributed by atoms with van der Waals surface area (Å²) >= 11 is 0. The lowest BCUT2D eigenvalue weighted by molar-refractivity contribution is 0.0302. The van der Waals surface area contributed by atoms with Crippen LogP contribution in [0.2, 0.25) is 0 Å². The Kier molecular flexibility index (Phi) is 9.71. The Hall–Kier alpha value is -4.96. The molecule has 3 N–H and O–H groups in total. The van der Waals surface area contributed by atoms with Crippen molar-refractivity contribution in [1.82, 2.24) is 24.6 Å². The molecule has 0 radical (unpaired) electrons. The number of urea groups is 1. The second-order valence-corrected chi connectivity index (χ2v) is 10.7. The van der Waals surface area contributed by atoms with E-state index in [0.717, 1.165) is 45.7 Å². The van der Waals surface area contributed by atoms with Crippen LogP contribution in [0, 0.1) is 6.92 Å². The maximum atomic E-state index is 13.0. The van der Waals surface area contributed by atoms with Crippen molar-refractivity contribution in [2.24, 2.45) is 0 Å². The summed E-state index contributed by atoms with van der Waals surface area (Å²) in [4.78, 5) is 36.6. The number of imidazole rings is 1. The fourth-order valence-corrected chi connectivity index (χ4v) is 5.29. The third kappa shape index (κ3) is 6.98. The molecule has 1 atom stereocenters. The van der Waals surface area contributed by atoms with Gasteiger partial charge in [0.1, 0.15) is 5.82 Å². The van der Waals surface area contributed by atoms with Gasteiger partial charge in [-0.15, -0.1) is 0 Å². The number of hydrogen-bond donors (Lipinski definition) is 3. The Morgan fingerprint density at radius 1 is 1.11 bits per heavy atom. The highest BCUT2D eigenvalue weighted by Gasteiger charge is 2.19. The number of carbonyl (C=O) groups is 2. The van der Waals surface area contributed by atoms with Crippen LogP contribution < -0.4 is 16.0 Å². The zero-order valence-corrected chi connectivity index (χ0v) is 25.6. The number of nitrogens with one attached hydrogen (secondary N) is 3. The van der Waals surface area contributed by atoms with E-state index in [1.165, 1.54) is 0 Å². The number of allylic oxidation sites excluding steroid dienone is 2. The molecule has 1 aliphatic heterocycles. The standard InChI is InChI=1S/C34H39N7O3/c1-5-8-25(9-6-2)24(4)37-34(43)39-29-11-7-10-28(23(29)3)27-20-30(32-35-14-15-41(32)22-27)38-31-13-12-26(21-36-31)33(42)40-16-18-44-19-17-40/h5,7-15,20-22,24H,6,16-19H2,1-4H3,(H,36,38)(H2,37,39,43)/b8-5-,25-9+/t24-/m0/s1. The molecule has 3 amide bonds. The van der Waals surface area contributed by atoms with Crippen LogP contribution in [-0.4, -0.2) is 63.6 Å². The van der Waals surface area contributed by atoms with Crippen molar-refractivity contribution in [2.45, 2.75) is 40.2 Å². The van der Waals surface area contributed by atoms with E-state index in [0.29, 0.717) is 37.7 Å². The van der Waals surface area contributed by atoms with Crippen LogP contribution in [0.4, 0.5) is 22.0 Å². The molecule has 10 heteroatoms. The zero-order valence-electron chi connectivity index (χ0n) is 25.6. The van der Waals surface area contributed by atoms with Crippen LogP contribution in [0.1, 0.15) is 43.1 Å². The minimum absolute atomic E-state index is 0.0484. The number of rotatable bonds is 9. The molecule has 1 aromatic carbocycles. The maximum Gasteiger partial charge on any atom is 0.319 e. The number of nitrogens with zero attached hydrogens (tertiary/aromatic N) is 4. The Morgan fingerprint density at radius 3 is 2.66 bits per heavy atom. The molecule has 0 unspecified atom stereocenters. The lowest BCUT2D eigenvalue weighted by Gasteiger charge is -2.26. The molecular weight excluding hydrogens is 554 g/mol. The number of carbonyl (C=O) groups excluding carboxylic acids is 2. The first-order valence-corrected chi connectivity index (χ1v) is 14.9. The van der Waals surface area contributed by atoms with Crippen LogP contribution in [0.15, 0.2) is 85.0 Å². The molecular formula is C34H39N7O3. The molecule has 0 spiro atoms. The summed E-state index contributed by atoms with van der Waals surface area (Å²) in [6, 6.07) is 11.1. The van der Waals surface area contributed by atoms with Crippen molar-refractivity contribution >= 4 is 34.8 Å².